The van der Waals surface area contributed by atoms with Crippen LogP contribution in [0.5, 0.6) is 0 Å². The summed E-state index contributed by atoms with van der Waals surface area (Å²) >= 11 is 0. The van der Waals surface area contributed by atoms with E-state index < -0.39 is 0 Å². The van der Waals surface area contributed by atoms with Crippen LogP contribution in [0.15, 0.2) is 48.5 Å². The maximum absolute atomic E-state index is 5.87. The summed E-state index contributed by atoms with van der Waals surface area (Å²) < 4.78 is 0. The quantitative estimate of drug-likeness (QED) is 0.505. The highest BCUT2D eigenvalue weighted by molar-refractivity contribution is 5.58. The summed E-state index contributed by atoms with van der Waals surface area (Å²) in [4.78, 5) is 14.2. The van der Waals surface area contributed by atoms with Crippen LogP contribution in [0.3, 0.4) is 0 Å². The fourth-order valence-corrected chi connectivity index (χ4v) is 2.97. The molecule has 9 heteroatoms. The Morgan fingerprint density at radius 2 is 1.77 bits per heavy atom. The number of nitrogens with two attached hydrogens (primary N) is 1. The highest BCUT2D eigenvalue weighted by Gasteiger charge is 2.11. The molecule has 0 bridgehead atoms. The van der Waals surface area contributed by atoms with E-state index in [-0.39, 0.29) is 12.5 Å². The summed E-state index contributed by atoms with van der Waals surface area (Å²) in [7, 11) is 0. The van der Waals surface area contributed by atoms with Crippen molar-refractivity contribution < 1.29 is 0 Å². The number of aromatic nitrogens is 7. The second-order valence-electron chi connectivity index (χ2n) is 7.29. The fraction of sp³-hybridized carbons (Fsp3) is 0.238. The minimum absolute atomic E-state index is 0.126. The molecule has 4 aromatic rings. The smallest absolute Gasteiger partial charge is 0.232 e. The van der Waals surface area contributed by atoms with E-state index in [1.54, 1.807) is 0 Å². The monoisotopic (exact) mass is 401 g/mol. The normalized spacial score (nSPS) is 11.1. The topological polar surface area (TPSA) is 120 Å². The Morgan fingerprint density at radius 1 is 1.00 bits per heavy atom. The van der Waals surface area contributed by atoms with Crippen molar-refractivity contribution in [3.05, 3.63) is 65.5 Å². The number of benzene rings is 2. The van der Waals surface area contributed by atoms with Gasteiger partial charge in [0.15, 0.2) is 5.82 Å². The van der Waals surface area contributed by atoms with Crippen molar-refractivity contribution in [2.24, 2.45) is 0 Å². The van der Waals surface area contributed by atoms with Crippen LogP contribution in [0.2, 0.25) is 0 Å². The van der Waals surface area contributed by atoms with E-state index in [0.717, 1.165) is 16.8 Å². The minimum atomic E-state index is 0.126. The van der Waals surface area contributed by atoms with Crippen molar-refractivity contribution in [1.29, 1.82) is 0 Å². The molecule has 0 aliphatic carbocycles. The number of rotatable bonds is 6. The van der Waals surface area contributed by atoms with E-state index >= 15 is 0 Å². The molecule has 4 rings (SSSR count). The summed E-state index contributed by atoms with van der Waals surface area (Å²) in [5, 5.41) is 15.9. The van der Waals surface area contributed by atoms with E-state index in [4.69, 9.17) is 5.73 Å². The van der Waals surface area contributed by atoms with Crippen molar-refractivity contribution >= 4 is 17.6 Å². The highest BCUT2D eigenvalue weighted by atomic mass is 15.6. The van der Waals surface area contributed by atoms with E-state index in [0.29, 0.717) is 23.5 Å². The molecule has 0 spiro atoms. The van der Waals surface area contributed by atoms with E-state index in [9.17, 15) is 0 Å². The van der Waals surface area contributed by atoms with Gasteiger partial charge in [-0.05, 0) is 35.2 Å². The molecule has 0 aliphatic rings. The number of aryl methyl sites for hydroxylation is 1. The average Bonchev–Trinajstić information content (AvgIpc) is 3.18. The summed E-state index contributed by atoms with van der Waals surface area (Å²) in [6.07, 6.45) is 0. The zero-order chi connectivity index (χ0) is 21.1. The van der Waals surface area contributed by atoms with E-state index in [1.165, 1.54) is 10.4 Å². The molecule has 2 aromatic heterocycles. The Labute approximate surface area is 174 Å². The summed E-state index contributed by atoms with van der Waals surface area (Å²) in [5.41, 5.74) is 10.0. The van der Waals surface area contributed by atoms with Crippen molar-refractivity contribution in [2.45, 2.75) is 33.2 Å². The number of hydrogen-bond acceptors (Lipinski definition) is 8. The Morgan fingerprint density at radius 3 is 2.50 bits per heavy atom. The predicted octanol–water partition coefficient (Wildman–Crippen LogP) is 3.33. The minimum Gasteiger partial charge on any atom is -0.368 e. The molecule has 30 heavy (non-hydrogen) atoms. The van der Waals surface area contributed by atoms with Gasteiger partial charge >= 0.3 is 0 Å². The third-order valence-corrected chi connectivity index (χ3v) is 4.66. The molecule has 0 amide bonds. The van der Waals surface area contributed by atoms with Gasteiger partial charge < -0.3 is 11.1 Å². The second-order valence-corrected chi connectivity index (χ2v) is 7.29. The number of tetrazole rings is 1. The summed E-state index contributed by atoms with van der Waals surface area (Å²) in [6, 6.07) is 16.0. The van der Waals surface area contributed by atoms with Gasteiger partial charge in [-0.25, -0.2) is 0 Å². The Hall–Kier alpha value is -3.88. The molecule has 3 N–H and O–H groups in total. The predicted molar refractivity (Wildman–Crippen MR) is 115 cm³/mol. The lowest BCUT2D eigenvalue weighted by Crippen LogP contribution is -2.12. The molecule has 152 valence electrons. The van der Waals surface area contributed by atoms with Crippen LogP contribution in [0.1, 0.15) is 36.7 Å². The van der Waals surface area contributed by atoms with Crippen molar-refractivity contribution in [3.63, 3.8) is 0 Å². The van der Waals surface area contributed by atoms with Gasteiger partial charge in [-0.1, -0.05) is 56.3 Å². The van der Waals surface area contributed by atoms with Crippen LogP contribution in [0.4, 0.5) is 17.6 Å². The van der Waals surface area contributed by atoms with E-state index in [2.05, 4.69) is 61.7 Å². The molecule has 2 heterocycles. The molecule has 0 aliphatic heterocycles. The molecule has 0 radical (unpaired) electrons. The Balaban J connectivity index is 1.52. The third-order valence-electron chi connectivity index (χ3n) is 4.66. The summed E-state index contributed by atoms with van der Waals surface area (Å²) in [5.74, 6) is 1.96. The van der Waals surface area contributed by atoms with Gasteiger partial charge in [-0.15, -0.1) is 10.2 Å². The first kappa shape index (κ1) is 19.4. The number of para-hydroxylation sites is 1. The first-order valence-electron chi connectivity index (χ1n) is 9.69. The van der Waals surface area contributed by atoms with Crippen LogP contribution in [0, 0.1) is 6.92 Å². The van der Waals surface area contributed by atoms with Crippen molar-refractivity contribution in [1.82, 2.24) is 35.2 Å². The fourth-order valence-electron chi connectivity index (χ4n) is 2.97. The third kappa shape index (κ3) is 4.40. The maximum Gasteiger partial charge on any atom is 0.232 e. The highest BCUT2D eigenvalue weighted by Crippen LogP contribution is 2.20. The summed E-state index contributed by atoms with van der Waals surface area (Å²) in [6.45, 7) is 6.55. The van der Waals surface area contributed by atoms with Crippen LogP contribution in [0.25, 0.3) is 11.4 Å². The second kappa shape index (κ2) is 8.24. The molecule has 0 saturated heterocycles. The molecular weight excluding hydrogens is 378 g/mol. The van der Waals surface area contributed by atoms with Crippen molar-refractivity contribution in [2.75, 3.05) is 11.1 Å². The van der Waals surface area contributed by atoms with Gasteiger partial charge in [-0.3, -0.25) is 0 Å². The number of nitrogens with zero attached hydrogens (tertiary/aromatic N) is 7. The lowest BCUT2D eigenvalue weighted by atomic mass is 10.0. The molecule has 0 unspecified atom stereocenters. The van der Waals surface area contributed by atoms with Crippen LogP contribution in [-0.4, -0.2) is 35.2 Å². The van der Waals surface area contributed by atoms with Crippen LogP contribution < -0.4 is 11.1 Å². The lowest BCUT2D eigenvalue weighted by Gasteiger charge is -2.09. The molecule has 0 atom stereocenters. The first-order valence-corrected chi connectivity index (χ1v) is 9.69. The molecule has 0 saturated carbocycles. The van der Waals surface area contributed by atoms with Gasteiger partial charge in [0.25, 0.3) is 0 Å². The van der Waals surface area contributed by atoms with Crippen LogP contribution >= 0.6 is 0 Å². The standard InChI is InChI=1S/C21H23N9/c1-13(2)15-8-10-16(11-9-15)19-27-29-30(28-19)12-18-24-20(22)26-21(25-18)23-17-7-5-4-6-14(17)3/h4-11,13H,12H2,1-3H3,(H3,22,23,24,25,26). The SMILES string of the molecule is Cc1ccccc1Nc1nc(N)nc(Cn2nnc(-c3ccc(C(C)C)cc3)n2)n1. The molecule has 9 nitrogen and oxygen atoms in total. The molecular formula is C21H23N9. The first-order chi connectivity index (χ1) is 14.5. The Bertz CT molecular complexity index is 1150. The number of nitrogens with one attached hydrogen (secondary N) is 1. The van der Waals surface area contributed by atoms with Crippen LogP contribution in [-0.2, 0) is 6.54 Å². The van der Waals surface area contributed by atoms with Crippen molar-refractivity contribution in [3.8, 4) is 11.4 Å². The largest absolute Gasteiger partial charge is 0.368 e. The van der Waals surface area contributed by atoms with Gasteiger partial charge in [0.2, 0.25) is 17.7 Å². The van der Waals surface area contributed by atoms with Gasteiger partial charge in [-0.2, -0.15) is 19.7 Å². The number of hydrogen-bond donors (Lipinski definition) is 2. The van der Waals surface area contributed by atoms with Gasteiger partial charge in [0, 0.05) is 11.3 Å². The number of nitrogen functional groups attached to an aromatic ring is 1. The van der Waals surface area contributed by atoms with Gasteiger partial charge in [0.1, 0.15) is 6.54 Å². The zero-order valence-corrected chi connectivity index (χ0v) is 17.1. The van der Waals surface area contributed by atoms with E-state index in [1.807, 2.05) is 43.3 Å². The molecule has 0 fully saturated rings. The zero-order valence-electron chi connectivity index (χ0n) is 17.1. The number of anilines is 3. The molecule has 2 aromatic carbocycles. The average molecular weight is 401 g/mol. The lowest BCUT2D eigenvalue weighted by molar-refractivity contribution is 0.554. The van der Waals surface area contributed by atoms with Gasteiger partial charge in [0.05, 0.1) is 0 Å². The Kier molecular flexibility index (Phi) is 5.34. The maximum atomic E-state index is 5.87.